The van der Waals surface area contributed by atoms with Gasteiger partial charge >= 0.3 is 0 Å². The van der Waals surface area contributed by atoms with Crippen molar-refractivity contribution in [1.82, 2.24) is 9.97 Å². The number of nitrogens with zero attached hydrogens (tertiary/aromatic N) is 3. The third-order valence-corrected chi connectivity index (χ3v) is 3.06. The highest BCUT2D eigenvalue weighted by atomic mass is 32.2. The first kappa shape index (κ1) is 11.2. The molecule has 0 saturated heterocycles. The molecule has 0 atom stereocenters. The maximum Gasteiger partial charge on any atom is 0.161 e. The second-order valence-corrected chi connectivity index (χ2v) is 4.92. The first-order chi connectivity index (χ1) is 7.72. The minimum Gasteiger partial charge on any atom is -0.360 e. The van der Waals surface area contributed by atoms with Crippen molar-refractivity contribution in [2.45, 2.75) is 11.9 Å². The van der Waals surface area contributed by atoms with Crippen molar-refractivity contribution in [3.8, 4) is 0 Å². The van der Waals surface area contributed by atoms with Crippen molar-refractivity contribution in [2.75, 3.05) is 24.7 Å². The highest BCUT2D eigenvalue weighted by Gasteiger charge is 2.09. The van der Waals surface area contributed by atoms with Crippen LogP contribution in [-0.4, -0.2) is 29.8 Å². The molecular weight excluding hydrogens is 218 g/mol. The third kappa shape index (κ3) is 2.11. The monoisotopic (exact) mass is 233 g/mol. The molecule has 16 heavy (non-hydrogen) atoms. The quantitative estimate of drug-likeness (QED) is 0.762. The first-order valence-electron chi connectivity index (χ1n) is 5.29. The van der Waals surface area contributed by atoms with Crippen LogP contribution in [0.2, 0.25) is 0 Å². The van der Waals surface area contributed by atoms with Crippen LogP contribution in [0.4, 0.5) is 5.82 Å². The maximum absolute atomic E-state index is 4.64. The van der Waals surface area contributed by atoms with Crippen LogP contribution in [0.1, 0.15) is 6.92 Å². The molecule has 0 aliphatic carbocycles. The highest BCUT2D eigenvalue weighted by molar-refractivity contribution is 7.99. The molecule has 2 rings (SSSR count). The molecule has 0 aliphatic rings. The Morgan fingerprint density at radius 3 is 2.31 bits per heavy atom. The van der Waals surface area contributed by atoms with E-state index >= 15 is 0 Å². The molecule has 3 nitrogen and oxygen atoms in total. The lowest BCUT2D eigenvalue weighted by Crippen LogP contribution is -2.13. The SMILES string of the molecule is CCSc1nc2ccccc2nc1N(C)C. The van der Waals surface area contributed by atoms with Gasteiger partial charge in [0.25, 0.3) is 0 Å². The number of aromatic nitrogens is 2. The molecule has 1 heterocycles. The molecule has 84 valence electrons. The molecule has 0 aliphatic heterocycles. The predicted octanol–water partition coefficient (Wildman–Crippen LogP) is 2.81. The molecule has 4 heteroatoms. The summed E-state index contributed by atoms with van der Waals surface area (Å²) in [5, 5.41) is 1.01. The molecule has 0 saturated carbocycles. The first-order valence-corrected chi connectivity index (χ1v) is 6.28. The van der Waals surface area contributed by atoms with Crippen LogP contribution in [0.15, 0.2) is 29.3 Å². The standard InChI is InChI=1S/C12H15N3S/c1-4-16-12-11(15(2)3)13-9-7-5-6-8-10(9)14-12/h5-8H,4H2,1-3H3. The van der Waals surface area contributed by atoms with E-state index in [1.807, 2.05) is 43.3 Å². The van der Waals surface area contributed by atoms with Crippen molar-refractivity contribution in [1.29, 1.82) is 0 Å². The van der Waals surface area contributed by atoms with E-state index in [1.165, 1.54) is 0 Å². The molecule has 2 aromatic rings. The zero-order chi connectivity index (χ0) is 11.5. The van der Waals surface area contributed by atoms with Crippen LogP contribution < -0.4 is 4.90 Å². The van der Waals surface area contributed by atoms with Gasteiger partial charge in [-0.2, -0.15) is 0 Å². The van der Waals surface area contributed by atoms with Gasteiger partial charge in [-0.05, 0) is 17.9 Å². The van der Waals surface area contributed by atoms with Crippen LogP contribution in [0.5, 0.6) is 0 Å². The topological polar surface area (TPSA) is 29.0 Å². The average Bonchev–Trinajstić information content (AvgIpc) is 2.28. The van der Waals surface area contributed by atoms with E-state index in [-0.39, 0.29) is 0 Å². The van der Waals surface area contributed by atoms with Crippen LogP contribution in [0, 0.1) is 0 Å². The Hall–Kier alpha value is -1.29. The van der Waals surface area contributed by atoms with E-state index in [0.717, 1.165) is 27.6 Å². The summed E-state index contributed by atoms with van der Waals surface area (Å²) >= 11 is 1.73. The van der Waals surface area contributed by atoms with Crippen molar-refractivity contribution in [3.63, 3.8) is 0 Å². The van der Waals surface area contributed by atoms with Gasteiger partial charge in [-0.15, -0.1) is 11.8 Å². The lowest BCUT2D eigenvalue weighted by molar-refractivity contribution is 0.996. The number of anilines is 1. The second-order valence-electron chi connectivity index (χ2n) is 3.67. The third-order valence-electron chi connectivity index (χ3n) is 2.23. The molecule has 0 N–H and O–H groups in total. The Labute approximate surface area is 99.9 Å². The molecule has 1 aromatic heterocycles. The number of para-hydroxylation sites is 2. The van der Waals surface area contributed by atoms with Gasteiger partial charge in [-0.25, -0.2) is 9.97 Å². The molecule has 0 unspecified atom stereocenters. The van der Waals surface area contributed by atoms with Crippen molar-refractivity contribution >= 4 is 28.6 Å². The van der Waals surface area contributed by atoms with Gasteiger partial charge in [0.05, 0.1) is 11.0 Å². The van der Waals surface area contributed by atoms with Crippen molar-refractivity contribution < 1.29 is 0 Å². The largest absolute Gasteiger partial charge is 0.360 e. The Kier molecular flexibility index (Phi) is 3.29. The number of thioether (sulfide) groups is 1. The van der Waals surface area contributed by atoms with Gasteiger partial charge in [0, 0.05) is 14.1 Å². The summed E-state index contributed by atoms with van der Waals surface area (Å²) in [5.41, 5.74) is 1.91. The average molecular weight is 233 g/mol. The molecule has 0 bridgehead atoms. The Balaban J connectivity index is 2.61. The van der Waals surface area contributed by atoms with Crippen LogP contribution in [0.3, 0.4) is 0 Å². The summed E-state index contributed by atoms with van der Waals surface area (Å²) in [5.74, 6) is 1.96. The predicted molar refractivity (Wildman–Crippen MR) is 70.3 cm³/mol. The van der Waals surface area contributed by atoms with Gasteiger partial charge in [-0.1, -0.05) is 19.1 Å². The zero-order valence-corrected chi connectivity index (χ0v) is 10.6. The zero-order valence-electron chi connectivity index (χ0n) is 9.77. The molecule has 0 spiro atoms. The molecule has 0 amide bonds. The Morgan fingerprint density at radius 2 is 1.75 bits per heavy atom. The number of benzene rings is 1. The van der Waals surface area contributed by atoms with E-state index in [2.05, 4.69) is 16.9 Å². The van der Waals surface area contributed by atoms with E-state index in [9.17, 15) is 0 Å². The Bertz CT molecular complexity index is 497. The fourth-order valence-electron chi connectivity index (χ4n) is 1.50. The van der Waals surface area contributed by atoms with Gasteiger partial charge in [-0.3, -0.25) is 0 Å². The smallest absolute Gasteiger partial charge is 0.161 e. The molecule has 1 aromatic carbocycles. The summed E-state index contributed by atoms with van der Waals surface area (Å²) in [6.45, 7) is 2.13. The van der Waals surface area contributed by atoms with Gasteiger partial charge in [0.1, 0.15) is 5.03 Å². The maximum atomic E-state index is 4.64. The minimum atomic E-state index is 0.950. The Morgan fingerprint density at radius 1 is 1.12 bits per heavy atom. The van der Waals surface area contributed by atoms with Gasteiger partial charge in [0.15, 0.2) is 5.82 Å². The van der Waals surface area contributed by atoms with Crippen LogP contribution in [-0.2, 0) is 0 Å². The van der Waals surface area contributed by atoms with E-state index in [1.54, 1.807) is 11.8 Å². The fourth-order valence-corrected chi connectivity index (χ4v) is 2.29. The van der Waals surface area contributed by atoms with Crippen LogP contribution >= 0.6 is 11.8 Å². The highest BCUT2D eigenvalue weighted by Crippen LogP contribution is 2.27. The summed E-state index contributed by atoms with van der Waals surface area (Å²) in [4.78, 5) is 11.3. The van der Waals surface area contributed by atoms with E-state index < -0.39 is 0 Å². The summed E-state index contributed by atoms with van der Waals surface area (Å²) < 4.78 is 0. The van der Waals surface area contributed by atoms with Gasteiger partial charge < -0.3 is 4.90 Å². The van der Waals surface area contributed by atoms with Crippen molar-refractivity contribution in [2.24, 2.45) is 0 Å². The lowest BCUT2D eigenvalue weighted by atomic mass is 10.3. The normalized spacial score (nSPS) is 10.7. The number of fused-ring (bicyclic) bond motifs is 1. The number of hydrogen-bond acceptors (Lipinski definition) is 4. The summed E-state index contributed by atoms with van der Waals surface area (Å²) in [6.07, 6.45) is 0. The summed E-state index contributed by atoms with van der Waals surface area (Å²) in [7, 11) is 4.00. The van der Waals surface area contributed by atoms with Crippen LogP contribution in [0.25, 0.3) is 11.0 Å². The second kappa shape index (κ2) is 4.70. The number of rotatable bonds is 3. The lowest BCUT2D eigenvalue weighted by Gasteiger charge is -2.15. The molecule has 0 radical (unpaired) electrons. The molecular formula is C12H15N3S. The number of hydrogen-bond donors (Lipinski definition) is 0. The fraction of sp³-hybridized carbons (Fsp3) is 0.333. The van der Waals surface area contributed by atoms with E-state index in [0.29, 0.717) is 0 Å². The van der Waals surface area contributed by atoms with Crippen molar-refractivity contribution in [3.05, 3.63) is 24.3 Å². The minimum absolute atomic E-state index is 0.950. The van der Waals surface area contributed by atoms with E-state index in [4.69, 9.17) is 0 Å². The molecule has 0 fully saturated rings. The summed E-state index contributed by atoms with van der Waals surface area (Å²) in [6, 6.07) is 7.98. The van der Waals surface area contributed by atoms with Gasteiger partial charge in [0.2, 0.25) is 0 Å².